The Kier molecular flexibility index (Phi) is 5.17. The van der Waals surface area contributed by atoms with Crippen LogP contribution in [0.1, 0.15) is 19.8 Å². The second-order valence-electron chi connectivity index (χ2n) is 4.87. The van der Waals surface area contributed by atoms with Crippen LogP contribution in [-0.2, 0) is 9.59 Å². The van der Waals surface area contributed by atoms with Gasteiger partial charge in [-0.1, -0.05) is 0 Å². The predicted octanol–water partition coefficient (Wildman–Crippen LogP) is 1.62. The van der Waals surface area contributed by atoms with E-state index in [0.29, 0.717) is 6.07 Å². The predicted molar refractivity (Wildman–Crippen MR) is 76.3 cm³/mol. The van der Waals surface area contributed by atoms with Crippen LogP contribution in [0.25, 0.3) is 0 Å². The number of nitrogens with one attached hydrogen (secondary N) is 1. The first-order valence-corrected chi connectivity index (χ1v) is 6.23. The normalized spacial score (nSPS) is 12.9. The summed E-state index contributed by atoms with van der Waals surface area (Å²) in [6.07, 6.45) is -0.817. The van der Waals surface area contributed by atoms with Crippen molar-refractivity contribution in [3.05, 3.63) is 38.4 Å². The summed E-state index contributed by atoms with van der Waals surface area (Å²) in [5, 5.41) is 42.0. The fourth-order valence-electron chi connectivity index (χ4n) is 1.77. The molecule has 0 saturated heterocycles. The molecule has 1 rings (SSSR count). The Morgan fingerprint density at radius 3 is 2.26 bits per heavy atom. The van der Waals surface area contributed by atoms with Gasteiger partial charge in [-0.05, 0) is 19.4 Å². The van der Waals surface area contributed by atoms with E-state index in [4.69, 9.17) is 5.11 Å². The summed E-state index contributed by atoms with van der Waals surface area (Å²) < 4.78 is 0. The molecule has 0 spiro atoms. The van der Waals surface area contributed by atoms with Crippen molar-refractivity contribution in [3.8, 4) is 0 Å². The molecule has 0 saturated carbocycles. The lowest BCUT2D eigenvalue weighted by atomic mass is 9.95. The van der Waals surface area contributed by atoms with E-state index in [1.807, 2.05) is 0 Å². The van der Waals surface area contributed by atoms with Gasteiger partial charge in [0.15, 0.2) is 0 Å². The summed E-state index contributed by atoms with van der Waals surface area (Å²) in [5.41, 5.74) is -3.25. The molecule has 0 heterocycles. The molecule has 11 heteroatoms. The van der Waals surface area contributed by atoms with Gasteiger partial charge >= 0.3 is 11.9 Å². The van der Waals surface area contributed by atoms with Crippen molar-refractivity contribution in [1.29, 1.82) is 0 Å². The number of benzene rings is 1. The Bertz CT molecular complexity index is 674. The molecule has 11 nitrogen and oxygen atoms in total. The molecule has 0 amide bonds. The van der Waals surface area contributed by atoms with Crippen molar-refractivity contribution in [1.82, 2.24) is 0 Å². The van der Waals surface area contributed by atoms with E-state index in [2.05, 4.69) is 5.32 Å². The van der Waals surface area contributed by atoms with Crippen LogP contribution in [0.4, 0.5) is 17.1 Å². The summed E-state index contributed by atoms with van der Waals surface area (Å²) in [6.45, 7) is 1.17. The highest BCUT2D eigenvalue weighted by atomic mass is 16.6. The lowest BCUT2D eigenvalue weighted by Crippen LogP contribution is -2.44. The maximum atomic E-state index is 11.4. The first-order valence-electron chi connectivity index (χ1n) is 6.23. The molecule has 0 aromatic heterocycles. The number of nitro groups is 2. The third kappa shape index (κ3) is 4.36. The second kappa shape index (κ2) is 6.68. The smallest absolute Gasteiger partial charge is 0.329 e. The van der Waals surface area contributed by atoms with Gasteiger partial charge in [-0.15, -0.1) is 0 Å². The van der Waals surface area contributed by atoms with Gasteiger partial charge < -0.3 is 15.5 Å². The molecule has 0 unspecified atom stereocenters. The minimum atomic E-state index is -1.79. The van der Waals surface area contributed by atoms with Crippen LogP contribution in [0.3, 0.4) is 0 Å². The molecule has 1 aromatic carbocycles. The van der Waals surface area contributed by atoms with Crippen LogP contribution in [0.2, 0.25) is 0 Å². The molecule has 0 fully saturated rings. The Morgan fingerprint density at radius 2 is 1.83 bits per heavy atom. The van der Waals surface area contributed by atoms with E-state index < -0.39 is 45.1 Å². The Morgan fingerprint density at radius 1 is 1.22 bits per heavy atom. The van der Waals surface area contributed by atoms with Crippen molar-refractivity contribution in [2.75, 3.05) is 5.32 Å². The lowest BCUT2D eigenvalue weighted by molar-refractivity contribution is -0.393. The van der Waals surface area contributed by atoms with Crippen molar-refractivity contribution in [2.45, 2.75) is 25.3 Å². The van der Waals surface area contributed by atoms with E-state index in [1.165, 1.54) is 6.92 Å². The van der Waals surface area contributed by atoms with Gasteiger partial charge in [-0.25, -0.2) is 4.79 Å². The minimum Gasteiger partial charge on any atom is -0.481 e. The number of hydrogen-bond donors (Lipinski definition) is 3. The quantitative estimate of drug-likeness (QED) is 0.473. The molecule has 1 aromatic rings. The number of carbonyl (C=O) groups is 2. The standard InChI is InChI=1S/C12H13N3O8/c1-12(11(18)19,5-4-10(16)17)13-8-3-2-7(14(20)21)6-9(8)15(22)23/h2-3,6,13H,4-5H2,1H3,(H,16,17)(H,18,19)/t12-/m1/s1. The highest BCUT2D eigenvalue weighted by Gasteiger charge is 2.35. The molecular formula is C12H13N3O8. The van der Waals surface area contributed by atoms with Gasteiger partial charge in [-0.2, -0.15) is 0 Å². The third-order valence-electron chi connectivity index (χ3n) is 3.11. The third-order valence-corrected chi connectivity index (χ3v) is 3.11. The van der Waals surface area contributed by atoms with Crippen LogP contribution in [0.5, 0.6) is 0 Å². The van der Waals surface area contributed by atoms with Crippen molar-refractivity contribution in [3.63, 3.8) is 0 Å². The SMILES string of the molecule is C[C@](CCC(=O)O)(Nc1ccc([N+](=O)[O-])cc1[N+](=O)[O-])C(=O)O. The summed E-state index contributed by atoms with van der Waals surface area (Å²) in [6, 6.07) is 2.69. The number of rotatable bonds is 8. The summed E-state index contributed by atoms with van der Waals surface area (Å²) in [5.74, 6) is -2.64. The molecule has 3 N–H and O–H groups in total. The number of carboxylic acids is 2. The van der Waals surface area contributed by atoms with Crippen molar-refractivity contribution in [2.24, 2.45) is 0 Å². The maximum Gasteiger partial charge on any atom is 0.329 e. The van der Waals surface area contributed by atoms with Crippen LogP contribution >= 0.6 is 0 Å². The van der Waals surface area contributed by atoms with E-state index >= 15 is 0 Å². The number of nitro benzene ring substituents is 2. The van der Waals surface area contributed by atoms with E-state index in [9.17, 15) is 34.9 Å². The molecule has 0 aliphatic rings. The number of hydrogen-bond acceptors (Lipinski definition) is 7. The van der Waals surface area contributed by atoms with Crippen molar-refractivity contribution >= 4 is 29.0 Å². The van der Waals surface area contributed by atoms with E-state index in [1.54, 1.807) is 0 Å². The summed E-state index contributed by atoms with van der Waals surface area (Å²) in [7, 11) is 0. The van der Waals surface area contributed by atoms with Gasteiger partial charge in [0.25, 0.3) is 11.4 Å². The highest BCUT2D eigenvalue weighted by Crippen LogP contribution is 2.32. The van der Waals surface area contributed by atoms with E-state index in [0.717, 1.165) is 12.1 Å². The lowest BCUT2D eigenvalue weighted by Gasteiger charge is -2.26. The summed E-state index contributed by atoms with van der Waals surface area (Å²) >= 11 is 0. The Balaban J connectivity index is 3.22. The molecule has 0 radical (unpaired) electrons. The molecule has 124 valence electrons. The number of nitrogens with zero attached hydrogens (tertiary/aromatic N) is 2. The zero-order valence-electron chi connectivity index (χ0n) is 11.9. The Labute approximate surface area is 128 Å². The van der Waals surface area contributed by atoms with Gasteiger partial charge in [0.1, 0.15) is 11.2 Å². The topological polar surface area (TPSA) is 173 Å². The fraction of sp³-hybridized carbons (Fsp3) is 0.333. The zero-order valence-corrected chi connectivity index (χ0v) is 11.9. The van der Waals surface area contributed by atoms with Gasteiger partial charge in [0.2, 0.25) is 0 Å². The molecule has 0 bridgehead atoms. The molecule has 0 aliphatic carbocycles. The highest BCUT2D eigenvalue weighted by molar-refractivity contribution is 5.84. The largest absolute Gasteiger partial charge is 0.481 e. The molecule has 23 heavy (non-hydrogen) atoms. The number of non-ortho nitro benzene ring substituents is 1. The zero-order chi connectivity index (χ0) is 17.8. The molecule has 0 aliphatic heterocycles. The first-order chi connectivity index (χ1) is 10.6. The number of anilines is 1. The number of carboxylic acid groups (broad SMARTS) is 2. The van der Waals surface area contributed by atoms with Crippen LogP contribution < -0.4 is 5.32 Å². The monoisotopic (exact) mass is 327 g/mol. The second-order valence-corrected chi connectivity index (χ2v) is 4.87. The van der Waals surface area contributed by atoms with E-state index in [-0.39, 0.29) is 12.1 Å². The minimum absolute atomic E-state index is 0.254. The Hall–Kier alpha value is -3.24. The van der Waals surface area contributed by atoms with Gasteiger partial charge in [0, 0.05) is 12.5 Å². The van der Waals surface area contributed by atoms with Crippen LogP contribution in [-0.4, -0.2) is 37.5 Å². The average Bonchev–Trinajstić information content (AvgIpc) is 2.44. The van der Waals surface area contributed by atoms with Gasteiger partial charge in [0.05, 0.1) is 15.9 Å². The van der Waals surface area contributed by atoms with Crippen LogP contribution in [0, 0.1) is 20.2 Å². The fourth-order valence-corrected chi connectivity index (χ4v) is 1.77. The molecular weight excluding hydrogens is 314 g/mol. The maximum absolute atomic E-state index is 11.4. The van der Waals surface area contributed by atoms with Crippen molar-refractivity contribution < 1.29 is 29.6 Å². The van der Waals surface area contributed by atoms with Gasteiger partial charge in [-0.3, -0.25) is 25.0 Å². The van der Waals surface area contributed by atoms with Crippen LogP contribution in [0.15, 0.2) is 18.2 Å². The average molecular weight is 327 g/mol. The summed E-state index contributed by atoms with van der Waals surface area (Å²) in [4.78, 5) is 41.9. The number of aliphatic carboxylic acids is 2. The molecule has 1 atom stereocenters. The first kappa shape index (κ1) is 17.8.